The molecule has 1 aromatic rings. The van der Waals surface area contributed by atoms with Crippen molar-refractivity contribution in [2.45, 2.75) is 50.9 Å². The van der Waals surface area contributed by atoms with Crippen molar-refractivity contribution >= 4 is 41.7 Å². The summed E-state index contributed by atoms with van der Waals surface area (Å²) in [5, 5.41) is 7.71. The van der Waals surface area contributed by atoms with E-state index in [9.17, 15) is 0 Å². The standard InChI is InChI=1S/C19H31N3O2S.HI/c1-5-20-19(22-15-8-9-16(12-15)25-4)21-13-14-7-10-17(23-3)18(11-14)24-6-2;/h7,10-11,15-16H,5-6,8-9,12-13H2,1-4H3,(H2,20,21,22);1H. The summed E-state index contributed by atoms with van der Waals surface area (Å²) < 4.78 is 11.0. The molecule has 1 saturated carbocycles. The SMILES string of the molecule is CCNC(=NCc1ccc(OC)c(OCC)c1)NC1CCC(SC)C1.I. The van der Waals surface area contributed by atoms with Gasteiger partial charge in [0.2, 0.25) is 0 Å². The predicted molar refractivity (Wildman–Crippen MR) is 122 cm³/mol. The average Bonchev–Trinajstić information content (AvgIpc) is 3.08. The highest BCUT2D eigenvalue weighted by molar-refractivity contribution is 14.0. The molecule has 2 unspecified atom stereocenters. The lowest BCUT2D eigenvalue weighted by Gasteiger charge is -2.17. The lowest BCUT2D eigenvalue weighted by atomic mass is 10.2. The van der Waals surface area contributed by atoms with E-state index >= 15 is 0 Å². The van der Waals surface area contributed by atoms with Gasteiger partial charge in [0, 0.05) is 17.8 Å². The summed E-state index contributed by atoms with van der Waals surface area (Å²) in [5.74, 6) is 2.42. The molecule has 1 aliphatic rings. The van der Waals surface area contributed by atoms with E-state index in [0.717, 1.165) is 34.8 Å². The number of benzene rings is 1. The van der Waals surface area contributed by atoms with Crippen LogP contribution in [0.2, 0.25) is 0 Å². The number of hydrogen-bond acceptors (Lipinski definition) is 4. The average molecular weight is 493 g/mol. The molecule has 1 fully saturated rings. The number of aliphatic imine (C=N–C) groups is 1. The zero-order valence-corrected chi connectivity index (χ0v) is 19.4. The Bertz CT molecular complexity index is 572. The number of nitrogens with zero attached hydrogens (tertiary/aromatic N) is 1. The van der Waals surface area contributed by atoms with Gasteiger partial charge in [-0.3, -0.25) is 0 Å². The van der Waals surface area contributed by atoms with Crippen molar-refractivity contribution in [1.29, 1.82) is 0 Å². The first-order chi connectivity index (χ1) is 12.2. The highest BCUT2D eigenvalue weighted by Crippen LogP contribution is 2.29. The lowest BCUT2D eigenvalue weighted by molar-refractivity contribution is 0.310. The van der Waals surface area contributed by atoms with Crippen molar-refractivity contribution in [3.05, 3.63) is 23.8 Å². The Labute approximate surface area is 179 Å². The van der Waals surface area contributed by atoms with Crippen LogP contribution in [0.5, 0.6) is 11.5 Å². The quantitative estimate of drug-likeness (QED) is 0.325. The van der Waals surface area contributed by atoms with E-state index in [0.29, 0.717) is 19.2 Å². The molecule has 0 heterocycles. The minimum Gasteiger partial charge on any atom is -0.493 e. The summed E-state index contributed by atoms with van der Waals surface area (Å²) >= 11 is 1.97. The Balaban J connectivity index is 0.00000338. The molecular formula is C19H32IN3O2S. The van der Waals surface area contributed by atoms with Crippen molar-refractivity contribution < 1.29 is 9.47 Å². The molecule has 0 aliphatic heterocycles. The molecular weight excluding hydrogens is 461 g/mol. The van der Waals surface area contributed by atoms with E-state index in [4.69, 9.17) is 14.5 Å². The van der Waals surface area contributed by atoms with Crippen molar-refractivity contribution in [2.75, 3.05) is 26.5 Å². The summed E-state index contributed by atoms with van der Waals surface area (Å²) in [6.45, 7) is 6.15. The van der Waals surface area contributed by atoms with Gasteiger partial charge in [-0.25, -0.2) is 4.99 Å². The van der Waals surface area contributed by atoms with E-state index < -0.39 is 0 Å². The van der Waals surface area contributed by atoms with Crippen LogP contribution in [0.3, 0.4) is 0 Å². The smallest absolute Gasteiger partial charge is 0.191 e. The van der Waals surface area contributed by atoms with E-state index in [1.54, 1.807) is 7.11 Å². The Kier molecular flexibility index (Phi) is 11.2. The van der Waals surface area contributed by atoms with Crippen LogP contribution in [-0.2, 0) is 6.54 Å². The molecule has 1 aliphatic carbocycles. The van der Waals surface area contributed by atoms with Gasteiger partial charge in [0.25, 0.3) is 0 Å². The molecule has 0 amide bonds. The fourth-order valence-corrected chi connectivity index (χ4v) is 3.85. The van der Waals surface area contributed by atoms with Crippen LogP contribution in [0.1, 0.15) is 38.7 Å². The maximum atomic E-state index is 5.65. The number of methoxy groups -OCH3 is 1. The normalized spacial score (nSPS) is 19.6. The van der Waals surface area contributed by atoms with E-state index in [1.165, 1.54) is 19.3 Å². The first kappa shape index (κ1) is 23.2. The van der Waals surface area contributed by atoms with Crippen LogP contribution in [0.15, 0.2) is 23.2 Å². The van der Waals surface area contributed by atoms with Crippen LogP contribution in [0.4, 0.5) is 0 Å². The van der Waals surface area contributed by atoms with E-state index in [1.807, 2.05) is 36.9 Å². The van der Waals surface area contributed by atoms with Crippen molar-refractivity contribution in [2.24, 2.45) is 4.99 Å². The molecule has 2 rings (SSSR count). The van der Waals surface area contributed by atoms with Crippen LogP contribution >= 0.6 is 35.7 Å². The van der Waals surface area contributed by atoms with Crippen molar-refractivity contribution in [3.8, 4) is 11.5 Å². The third-order valence-electron chi connectivity index (χ3n) is 4.35. The molecule has 7 heteroatoms. The van der Waals surface area contributed by atoms with Gasteiger partial charge in [-0.05, 0) is 57.1 Å². The van der Waals surface area contributed by atoms with Gasteiger partial charge in [-0.2, -0.15) is 11.8 Å². The maximum Gasteiger partial charge on any atom is 0.191 e. The monoisotopic (exact) mass is 493 g/mol. The summed E-state index contributed by atoms with van der Waals surface area (Å²) in [5.41, 5.74) is 1.11. The number of ether oxygens (including phenoxy) is 2. The topological polar surface area (TPSA) is 54.9 Å². The molecule has 2 atom stereocenters. The van der Waals surface area contributed by atoms with Crippen molar-refractivity contribution in [3.63, 3.8) is 0 Å². The summed E-state index contributed by atoms with van der Waals surface area (Å²) in [4.78, 5) is 4.75. The number of halogens is 1. The maximum absolute atomic E-state index is 5.65. The van der Waals surface area contributed by atoms with Gasteiger partial charge in [-0.1, -0.05) is 6.07 Å². The first-order valence-corrected chi connectivity index (χ1v) is 10.4. The van der Waals surface area contributed by atoms with E-state index in [-0.39, 0.29) is 24.0 Å². The molecule has 1 aromatic carbocycles. The second-order valence-corrected chi connectivity index (χ2v) is 7.26. The van der Waals surface area contributed by atoms with Gasteiger partial charge in [0.1, 0.15) is 0 Å². The fourth-order valence-electron chi connectivity index (χ4n) is 3.06. The van der Waals surface area contributed by atoms with Crippen molar-refractivity contribution in [1.82, 2.24) is 10.6 Å². The number of thioether (sulfide) groups is 1. The summed E-state index contributed by atoms with van der Waals surface area (Å²) in [7, 11) is 1.66. The first-order valence-electron chi connectivity index (χ1n) is 9.07. The molecule has 0 saturated heterocycles. The van der Waals surface area contributed by atoms with Crippen LogP contribution in [0.25, 0.3) is 0 Å². The van der Waals surface area contributed by atoms with Gasteiger partial charge < -0.3 is 20.1 Å². The number of hydrogen-bond donors (Lipinski definition) is 2. The van der Waals surface area contributed by atoms with E-state index in [2.05, 4.69) is 23.8 Å². The predicted octanol–water partition coefficient (Wildman–Crippen LogP) is 4.05. The van der Waals surface area contributed by atoms with Gasteiger partial charge in [-0.15, -0.1) is 24.0 Å². The Hall–Kier alpha value is -0.830. The Morgan fingerprint density at radius 1 is 1.27 bits per heavy atom. The van der Waals surface area contributed by atoms with Crippen LogP contribution in [-0.4, -0.2) is 43.8 Å². The zero-order valence-electron chi connectivity index (χ0n) is 16.2. The lowest BCUT2D eigenvalue weighted by Crippen LogP contribution is -2.42. The van der Waals surface area contributed by atoms with Crippen LogP contribution in [0, 0.1) is 0 Å². The second kappa shape index (κ2) is 12.5. The molecule has 0 bridgehead atoms. The highest BCUT2D eigenvalue weighted by atomic mass is 127. The number of rotatable bonds is 8. The minimum absolute atomic E-state index is 0. The molecule has 5 nitrogen and oxygen atoms in total. The third kappa shape index (κ3) is 7.06. The van der Waals surface area contributed by atoms with Gasteiger partial charge in [0.05, 0.1) is 20.3 Å². The Morgan fingerprint density at radius 2 is 2.08 bits per heavy atom. The summed E-state index contributed by atoms with van der Waals surface area (Å²) in [6.07, 6.45) is 5.91. The van der Waals surface area contributed by atoms with Crippen LogP contribution < -0.4 is 20.1 Å². The van der Waals surface area contributed by atoms with Gasteiger partial charge in [0.15, 0.2) is 17.5 Å². The molecule has 26 heavy (non-hydrogen) atoms. The molecule has 148 valence electrons. The largest absolute Gasteiger partial charge is 0.493 e. The fraction of sp³-hybridized carbons (Fsp3) is 0.632. The third-order valence-corrected chi connectivity index (χ3v) is 5.45. The number of nitrogens with one attached hydrogen (secondary N) is 2. The zero-order chi connectivity index (χ0) is 18.1. The van der Waals surface area contributed by atoms with Gasteiger partial charge >= 0.3 is 0 Å². The highest BCUT2D eigenvalue weighted by Gasteiger charge is 2.24. The number of guanidine groups is 1. The molecule has 0 aromatic heterocycles. The summed E-state index contributed by atoms with van der Waals surface area (Å²) in [6, 6.07) is 6.50. The molecule has 0 spiro atoms. The molecule has 2 N–H and O–H groups in total. The second-order valence-electron chi connectivity index (χ2n) is 6.13. The molecule has 0 radical (unpaired) electrons. The Morgan fingerprint density at radius 3 is 2.69 bits per heavy atom. The minimum atomic E-state index is 0.